The molecule has 0 bridgehead atoms. The third-order valence-electron chi connectivity index (χ3n) is 2.49. The van der Waals surface area contributed by atoms with Gasteiger partial charge >= 0.3 is 0 Å². The molecule has 2 aliphatic rings. The molecule has 0 saturated carbocycles. The Morgan fingerprint density at radius 3 is 2.85 bits per heavy atom. The predicted octanol–water partition coefficient (Wildman–Crippen LogP) is 0.702. The number of nitrogens with one attached hydrogen (secondary N) is 1. The van der Waals surface area contributed by atoms with E-state index in [-0.39, 0.29) is 0 Å². The summed E-state index contributed by atoms with van der Waals surface area (Å²) < 4.78 is 10.6. The van der Waals surface area contributed by atoms with Gasteiger partial charge in [-0.15, -0.1) is 0 Å². The number of thioether (sulfide) groups is 1. The van der Waals surface area contributed by atoms with Gasteiger partial charge in [-0.05, 0) is 31.2 Å². The second kappa shape index (κ2) is 5.20. The minimum Gasteiger partial charge on any atom is -0.355 e. The van der Waals surface area contributed by atoms with E-state index in [1.165, 1.54) is 18.8 Å². The minimum atomic E-state index is 0.437. The van der Waals surface area contributed by atoms with Gasteiger partial charge in [0.25, 0.3) is 0 Å². The maximum atomic E-state index is 5.45. The van der Waals surface area contributed by atoms with E-state index in [1.54, 1.807) is 0 Å². The Morgan fingerprint density at radius 1 is 1.31 bits per heavy atom. The molecule has 1 unspecified atom stereocenters. The van der Waals surface area contributed by atoms with Crippen LogP contribution in [0.5, 0.6) is 0 Å². The summed E-state index contributed by atoms with van der Waals surface area (Å²) >= 11 is 2.02. The fourth-order valence-corrected chi connectivity index (χ4v) is 2.70. The second-order valence-electron chi connectivity index (χ2n) is 3.67. The zero-order valence-electron chi connectivity index (χ0n) is 7.83. The lowest BCUT2D eigenvalue weighted by atomic mass is 10.1. The summed E-state index contributed by atoms with van der Waals surface area (Å²) in [5.41, 5.74) is 0. The predicted molar refractivity (Wildman–Crippen MR) is 54.0 cm³/mol. The Balaban J connectivity index is 1.50. The van der Waals surface area contributed by atoms with Crippen molar-refractivity contribution in [2.45, 2.75) is 12.5 Å². The van der Waals surface area contributed by atoms with Gasteiger partial charge in [-0.3, -0.25) is 0 Å². The molecule has 0 aromatic carbocycles. The highest BCUT2D eigenvalue weighted by molar-refractivity contribution is 7.99. The largest absolute Gasteiger partial charge is 0.355 e. The van der Waals surface area contributed by atoms with Crippen molar-refractivity contribution in [1.82, 2.24) is 5.32 Å². The standard InChI is InChI=1S/C9H17NO2S/c1-2-11-7-12-9(1)6-13-5-8-3-10-4-8/h8-10H,1-7H2. The summed E-state index contributed by atoms with van der Waals surface area (Å²) in [5.74, 6) is 3.33. The van der Waals surface area contributed by atoms with Crippen molar-refractivity contribution in [3.8, 4) is 0 Å². The van der Waals surface area contributed by atoms with Gasteiger partial charge in [0.2, 0.25) is 0 Å². The smallest absolute Gasteiger partial charge is 0.147 e. The van der Waals surface area contributed by atoms with Crippen molar-refractivity contribution < 1.29 is 9.47 Å². The summed E-state index contributed by atoms with van der Waals surface area (Å²) in [7, 11) is 0. The molecule has 0 radical (unpaired) electrons. The van der Waals surface area contributed by atoms with Crippen LogP contribution in [0.2, 0.25) is 0 Å². The van der Waals surface area contributed by atoms with Crippen LogP contribution in [-0.2, 0) is 9.47 Å². The van der Waals surface area contributed by atoms with E-state index in [0.29, 0.717) is 12.9 Å². The van der Waals surface area contributed by atoms with Gasteiger partial charge in [0.1, 0.15) is 6.79 Å². The maximum Gasteiger partial charge on any atom is 0.147 e. The van der Waals surface area contributed by atoms with Gasteiger partial charge in [-0.2, -0.15) is 11.8 Å². The number of ether oxygens (including phenoxy) is 2. The van der Waals surface area contributed by atoms with E-state index < -0.39 is 0 Å². The van der Waals surface area contributed by atoms with Crippen molar-refractivity contribution >= 4 is 11.8 Å². The summed E-state index contributed by atoms with van der Waals surface area (Å²) in [6.07, 6.45) is 1.50. The molecule has 0 aliphatic carbocycles. The molecule has 0 aromatic heterocycles. The molecule has 1 atom stereocenters. The van der Waals surface area contributed by atoms with Crippen molar-refractivity contribution in [2.75, 3.05) is 38.0 Å². The van der Waals surface area contributed by atoms with Crippen LogP contribution in [0.15, 0.2) is 0 Å². The zero-order chi connectivity index (χ0) is 8.93. The highest BCUT2D eigenvalue weighted by Crippen LogP contribution is 2.17. The number of rotatable bonds is 4. The average molecular weight is 203 g/mol. The molecule has 2 rings (SSSR count). The quantitative estimate of drug-likeness (QED) is 0.728. The van der Waals surface area contributed by atoms with Crippen molar-refractivity contribution in [3.63, 3.8) is 0 Å². The lowest BCUT2D eigenvalue weighted by molar-refractivity contribution is -0.130. The molecule has 76 valence electrons. The first-order valence-electron chi connectivity index (χ1n) is 4.93. The molecule has 13 heavy (non-hydrogen) atoms. The second-order valence-corrected chi connectivity index (χ2v) is 4.74. The van der Waals surface area contributed by atoms with Gasteiger partial charge < -0.3 is 14.8 Å². The van der Waals surface area contributed by atoms with E-state index >= 15 is 0 Å². The van der Waals surface area contributed by atoms with E-state index in [4.69, 9.17) is 9.47 Å². The third kappa shape index (κ3) is 3.13. The monoisotopic (exact) mass is 203 g/mol. The molecular formula is C9H17NO2S. The first-order valence-corrected chi connectivity index (χ1v) is 6.08. The van der Waals surface area contributed by atoms with Crippen molar-refractivity contribution in [1.29, 1.82) is 0 Å². The average Bonchev–Trinajstić information content (AvgIpc) is 2.11. The van der Waals surface area contributed by atoms with E-state index in [2.05, 4.69) is 5.32 Å². The molecule has 3 nitrogen and oxygen atoms in total. The van der Waals surface area contributed by atoms with Crippen LogP contribution in [0.25, 0.3) is 0 Å². The normalized spacial score (nSPS) is 30.0. The lowest BCUT2D eigenvalue weighted by Gasteiger charge is -2.28. The molecule has 1 N–H and O–H groups in total. The summed E-state index contributed by atoms with van der Waals surface area (Å²) in [5, 5.41) is 3.29. The Bertz CT molecular complexity index is 147. The summed E-state index contributed by atoms with van der Waals surface area (Å²) in [6.45, 7) is 3.79. The van der Waals surface area contributed by atoms with Crippen LogP contribution in [0.4, 0.5) is 0 Å². The van der Waals surface area contributed by atoms with Crippen LogP contribution in [0.1, 0.15) is 6.42 Å². The van der Waals surface area contributed by atoms with Crippen LogP contribution in [0.3, 0.4) is 0 Å². The van der Waals surface area contributed by atoms with E-state index in [9.17, 15) is 0 Å². The maximum absolute atomic E-state index is 5.45. The summed E-state index contributed by atoms with van der Waals surface area (Å²) in [6, 6.07) is 0. The lowest BCUT2D eigenvalue weighted by Crippen LogP contribution is -2.43. The summed E-state index contributed by atoms with van der Waals surface area (Å²) in [4.78, 5) is 0. The molecule has 2 heterocycles. The van der Waals surface area contributed by atoms with Crippen LogP contribution >= 0.6 is 11.8 Å². The number of hydrogen-bond acceptors (Lipinski definition) is 4. The van der Waals surface area contributed by atoms with Crippen LogP contribution in [-0.4, -0.2) is 44.1 Å². The highest BCUT2D eigenvalue weighted by atomic mass is 32.2. The van der Waals surface area contributed by atoms with Gasteiger partial charge in [-0.25, -0.2) is 0 Å². The molecule has 2 fully saturated rings. The van der Waals surface area contributed by atoms with Gasteiger partial charge in [0, 0.05) is 5.75 Å². The fourth-order valence-electron chi connectivity index (χ4n) is 1.47. The molecule has 0 aromatic rings. The van der Waals surface area contributed by atoms with Crippen molar-refractivity contribution in [3.05, 3.63) is 0 Å². The Labute approximate surface area is 83.5 Å². The highest BCUT2D eigenvalue weighted by Gasteiger charge is 2.18. The van der Waals surface area contributed by atoms with Crippen molar-refractivity contribution in [2.24, 2.45) is 5.92 Å². The van der Waals surface area contributed by atoms with Crippen LogP contribution in [0, 0.1) is 5.92 Å². The van der Waals surface area contributed by atoms with Gasteiger partial charge in [0.15, 0.2) is 0 Å². The Hall–Kier alpha value is 0.230. The number of hydrogen-bond donors (Lipinski definition) is 1. The third-order valence-corrected chi connectivity index (χ3v) is 3.81. The van der Waals surface area contributed by atoms with Gasteiger partial charge in [0.05, 0.1) is 12.7 Å². The molecule has 0 amide bonds. The van der Waals surface area contributed by atoms with Crippen LogP contribution < -0.4 is 5.32 Å². The molecular weight excluding hydrogens is 186 g/mol. The fraction of sp³-hybridized carbons (Fsp3) is 1.00. The minimum absolute atomic E-state index is 0.437. The van der Waals surface area contributed by atoms with Gasteiger partial charge in [-0.1, -0.05) is 0 Å². The molecule has 4 heteroatoms. The first-order chi connectivity index (χ1) is 6.45. The molecule has 2 saturated heterocycles. The molecule has 2 aliphatic heterocycles. The zero-order valence-corrected chi connectivity index (χ0v) is 8.65. The topological polar surface area (TPSA) is 30.5 Å². The SMILES string of the molecule is C1CC(CSCC2CNC2)OCO1. The van der Waals surface area contributed by atoms with E-state index in [0.717, 1.165) is 24.7 Å². The first kappa shape index (κ1) is 9.77. The van der Waals surface area contributed by atoms with E-state index in [1.807, 2.05) is 11.8 Å². The Morgan fingerprint density at radius 2 is 2.23 bits per heavy atom. The Kier molecular flexibility index (Phi) is 3.91. The molecule has 0 spiro atoms.